The fourth-order valence-corrected chi connectivity index (χ4v) is 2.23. The highest BCUT2D eigenvalue weighted by Gasteiger charge is 2.15. The number of aromatic nitrogens is 1. The summed E-state index contributed by atoms with van der Waals surface area (Å²) in [6.07, 6.45) is 0. The van der Waals surface area contributed by atoms with Crippen molar-refractivity contribution < 1.29 is 4.74 Å². The van der Waals surface area contributed by atoms with Gasteiger partial charge in [0.25, 0.3) is 5.56 Å². The summed E-state index contributed by atoms with van der Waals surface area (Å²) in [7, 11) is 1.50. The van der Waals surface area contributed by atoms with Gasteiger partial charge >= 0.3 is 0 Å². The summed E-state index contributed by atoms with van der Waals surface area (Å²) in [5, 5.41) is 0.290. The fourth-order valence-electron chi connectivity index (χ4n) is 1.56. The molecule has 1 aromatic carbocycles. The molecule has 0 aliphatic heterocycles. The summed E-state index contributed by atoms with van der Waals surface area (Å²) >= 11 is 17.8. The molecule has 0 radical (unpaired) electrons. The van der Waals surface area contributed by atoms with Crippen LogP contribution in [0.3, 0.4) is 0 Å². The van der Waals surface area contributed by atoms with Gasteiger partial charge in [-0.15, -0.1) is 0 Å². The van der Waals surface area contributed by atoms with E-state index in [9.17, 15) is 4.79 Å². The first-order valence-corrected chi connectivity index (χ1v) is 6.09. The molecule has 0 saturated heterocycles. The number of rotatable bonds is 2. The Kier molecular flexibility index (Phi) is 3.85. The highest BCUT2D eigenvalue weighted by molar-refractivity contribution is 6.42. The molecule has 2 rings (SSSR count). The zero-order valence-corrected chi connectivity index (χ0v) is 11.6. The molecule has 0 saturated carbocycles. The summed E-state index contributed by atoms with van der Waals surface area (Å²) in [5.74, 6) is 0.500. The summed E-state index contributed by atoms with van der Waals surface area (Å²) in [5.41, 5.74) is 0.0370. The standard InChI is InChI=1S/C12H8Cl3NO2/c1-18-10-5-3-2-4-9(10)16-11(15)7(13)6-8(14)12(16)17/h2-6H,1H3. The van der Waals surface area contributed by atoms with Crippen LogP contribution in [0.5, 0.6) is 5.75 Å². The number of ether oxygens (including phenoxy) is 1. The minimum atomic E-state index is -0.449. The third-order valence-corrected chi connectivity index (χ3v) is 3.41. The normalized spacial score (nSPS) is 10.4. The van der Waals surface area contributed by atoms with E-state index in [-0.39, 0.29) is 15.2 Å². The molecule has 0 atom stereocenters. The van der Waals surface area contributed by atoms with Gasteiger partial charge < -0.3 is 4.74 Å². The van der Waals surface area contributed by atoms with Crippen molar-refractivity contribution in [2.75, 3.05) is 7.11 Å². The second-order valence-corrected chi connectivity index (χ2v) is 4.62. The van der Waals surface area contributed by atoms with Crippen LogP contribution in [0, 0.1) is 0 Å². The van der Waals surface area contributed by atoms with Gasteiger partial charge in [-0.1, -0.05) is 46.9 Å². The van der Waals surface area contributed by atoms with E-state index in [2.05, 4.69) is 0 Å². The maximum Gasteiger partial charge on any atom is 0.275 e. The van der Waals surface area contributed by atoms with Crippen molar-refractivity contribution in [2.45, 2.75) is 0 Å². The van der Waals surface area contributed by atoms with Gasteiger partial charge in [-0.05, 0) is 18.2 Å². The van der Waals surface area contributed by atoms with E-state index in [1.54, 1.807) is 24.3 Å². The first-order chi connectivity index (χ1) is 8.56. The van der Waals surface area contributed by atoms with Crippen LogP contribution in [-0.2, 0) is 0 Å². The largest absolute Gasteiger partial charge is 0.495 e. The minimum Gasteiger partial charge on any atom is -0.495 e. The van der Waals surface area contributed by atoms with Crippen molar-refractivity contribution in [3.05, 3.63) is 55.9 Å². The van der Waals surface area contributed by atoms with Gasteiger partial charge in [0.15, 0.2) is 0 Å². The van der Waals surface area contributed by atoms with Crippen molar-refractivity contribution in [1.29, 1.82) is 0 Å². The Morgan fingerprint density at radius 3 is 2.44 bits per heavy atom. The van der Waals surface area contributed by atoms with E-state index in [0.29, 0.717) is 11.4 Å². The Balaban J connectivity index is 2.83. The lowest BCUT2D eigenvalue weighted by atomic mass is 10.3. The second-order valence-electron chi connectivity index (χ2n) is 3.44. The summed E-state index contributed by atoms with van der Waals surface area (Å²) < 4.78 is 6.40. The maximum absolute atomic E-state index is 12.0. The number of methoxy groups -OCH3 is 1. The van der Waals surface area contributed by atoms with E-state index in [4.69, 9.17) is 39.5 Å². The molecular weight excluding hydrogens is 296 g/mol. The van der Waals surface area contributed by atoms with Crippen LogP contribution >= 0.6 is 34.8 Å². The lowest BCUT2D eigenvalue weighted by molar-refractivity contribution is 0.412. The van der Waals surface area contributed by atoms with Crippen LogP contribution in [0.2, 0.25) is 15.2 Å². The molecule has 94 valence electrons. The molecule has 1 aromatic heterocycles. The molecule has 6 heteroatoms. The Morgan fingerprint density at radius 2 is 1.78 bits per heavy atom. The fraction of sp³-hybridized carbons (Fsp3) is 0.0833. The molecule has 0 bridgehead atoms. The molecule has 0 unspecified atom stereocenters. The zero-order chi connectivity index (χ0) is 13.3. The number of halogens is 3. The van der Waals surface area contributed by atoms with Crippen LogP contribution in [-0.4, -0.2) is 11.7 Å². The lowest BCUT2D eigenvalue weighted by Gasteiger charge is -2.13. The molecule has 18 heavy (non-hydrogen) atoms. The summed E-state index contributed by atoms with van der Waals surface area (Å²) in [4.78, 5) is 12.0. The van der Waals surface area contributed by atoms with Crippen LogP contribution in [0.25, 0.3) is 5.69 Å². The van der Waals surface area contributed by atoms with Gasteiger partial charge in [0.2, 0.25) is 0 Å². The Hall–Kier alpha value is -1.16. The molecule has 0 N–H and O–H groups in total. The van der Waals surface area contributed by atoms with Crippen LogP contribution in [0.15, 0.2) is 35.1 Å². The summed E-state index contributed by atoms with van der Waals surface area (Å²) in [6.45, 7) is 0. The van der Waals surface area contributed by atoms with Gasteiger partial charge in [-0.25, -0.2) is 0 Å². The molecule has 0 amide bonds. The van der Waals surface area contributed by atoms with Crippen molar-refractivity contribution in [1.82, 2.24) is 4.57 Å². The highest BCUT2D eigenvalue weighted by atomic mass is 35.5. The van der Waals surface area contributed by atoms with E-state index < -0.39 is 5.56 Å². The average molecular weight is 305 g/mol. The van der Waals surface area contributed by atoms with Crippen LogP contribution in [0.4, 0.5) is 0 Å². The number of nitrogens with zero attached hydrogens (tertiary/aromatic N) is 1. The molecule has 0 aliphatic rings. The number of hydrogen-bond acceptors (Lipinski definition) is 2. The van der Waals surface area contributed by atoms with E-state index >= 15 is 0 Å². The third-order valence-electron chi connectivity index (χ3n) is 2.38. The molecule has 1 heterocycles. The number of benzene rings is 1. The Bertz CT molecular complexity index is 652. The Morgan fingerprint density at radius 1 is 1.11 bits per heavy atom. The van der Waals surface area contributed by atoms with Gasteiger partial charge in [-0.2, -0.15) is 0 Å². The predicted octanol–water partition coefficient (Wildman–Crippen LogP) is 3.81. The molecule has 0 fully saturated rings. The molecular formula is C12H8Cl3NO2. The first-order valence-electron chi connectivity index (χ1n) is 4.96. The quantitative estimate of drug-likeness (QED) is 0.790. The number of hydrogen-bond donors (Lipinski definition) is 0. The van der Waals surface area contributed by atoms with E-state index in [1.165, 1.54) is 17.7 Å². The minimum absolute atomic E-state index is 0.00435. The average Bonchev–Trinajstić information content (AvgIpc) is 2.37. The highest BCUT2D eigenvalue weighted by Crippen LogP contribution is 2.29. The Labute approximate surface area is 118 Å². The van der Waals surface area contributed by atoms with Gasteiger partial charge in [-0.3, -0.25) is 9.36 Å². The molecule has 3 nitrogen and oxygen atoms in total. The SMILES string of the molecule is COc1ccccc1-n1c(Cl)c(Cl)cc(Cl)c1=O. The van der Waals surface area contributed by atoms with Crippen molar-refractivity contribution in [3.63, 3.8) is 0 Å². The smallest absolute Gasteiger partial charge is 0.275 e. The van der Waals surface area contributed by atoms with E-state index in [0.717, 1.165) is 0 Å². The molecule has 0 aliphatic carbocycles. The number of para-hydroxylation sites is 2. The zero-order valence-electron chi connectivity index (χ0n) is 9.28. The maximum atomic E-state index is 12.0. The first kappa shape index (κ1) is 13.3. The van der Waals surface area contributed by atoms with Crippen molar-refractivity contribution >= 4 is 34.8 Å². The van der Waals surface area contributed by atoms with Gasteiger partial charge in [0.05, 0.1) is 17.8 Å². The van der Waals surface area contributed by atoms with Crippen LogP contribution < -0.4 is 10.3 Å². The van der Waals surface area contributed by atoms with Crippen LogP contribution in [0.1, 0.15) is 0 Å². The molecule has 0 spiro atoms. The van der Waals surface area contributed by atoms with E-state index in [1.807, 2.05) is 0 Å². The molecule has 2 aromatic rings. The lowest BCUT2D eigenvalue weighted by Crippen LogP contribution is -2.20. The van der Waals surface area contributed by atoms with Gasteiger partial charge in [0.1, 0.15) is 15.9 Å². The predicted molar refractivity (Wildman–Crippen MR) is 73.6 cm³/mol. The number of pyridine rings is 1. The monoisotopic (exact) mass is 303 g/mol. The van der Waals surface area contributed by atoms with Crippen molar-refractivity contribution in [3.8, 4) is 11.4 Å². The van der Waals surface area contributed by atoms with Crippen molar-refractivity contribution in [2.24, 2.45) is 0 Å². The summed E-state index contributed by atoms with van der Waals surface area (Å²) in [6, 6.07) is 8.27. The topological polar surface area (TPSA) is 31.2 Å². The van der Waals surface area contributed by atoms with Gasteiger partial charge in [0, 0.05) is 0 Å². The second kappa shape index (κ2) is 5.22. The third kappa shape index (κ3) is 2.21.